The van der Waals surface area contributed by atoms with Gasteiger partial charge in [-0.2, -0.15) is 18.3 Å². The van der Waals surface area contributed by atoms with Crippen molar-refractivity contribution in [2.75, 3.05) is 0 Å². The highest BCUT2D eigenvalue weighted by Crippen LogP contribution is 2.29. The lowest BCUT2D eigenvalue weighted by molar-refractivity contribution is -0.142. The predicted molar refractivity (Wildman–Crippen MR) is 44.2 cm³/mol. The van der Waals surface area contributed by atoms with Gasteiger partial charge in [0.25, 0.3) is 0 Å². The Morgan fingerprint density at radius 1 is 1.13 bits per heavy atom. The molecular formula is C8H5F3N4. The summed E-state index contributed by atoms with van der Waals surface area (Å²) in [6.07, 6.45) is -0.853. The average molecular weight is 214 g/mol. The van der Waals surface area contributed by atoms with E-state index < -0.39 is 11.9 Å². The maximum absolute atomic E-state index is 12.5. The lowest BCUT2D eigenvalue weighted by Crippen LogP contribution is -2.14. The Morgan fingerprint density at radius 2 is 1.93 bits per heavy atom. The minimum Gasteiger partial charge on any atom is -0.245 e. The topological polar surface area (TPSA) is 43.6 Å². The lowest BCUT2D eigenvalue weighted by Gasteiger charge is -2.08. The number of hydrogen-bond donors (Lipinski definition) is 0. The second kappa shape index (κ2) is 3.34. The Balaban J connectivity index is 2.51. The summed E-state index contributed by atoms with van der Waals surface area (Å²) in [6, 6.07) is 2.24. The van der Waals surface area contributed by atoms with E-state index in [1.54, 1.807) is 0 Å². The van der Waals surface area contributed by atoms with Crippen LogP contribution in [0.5, 0.6) is 0 Å². The summed E-state index contributed by atoms with van der Waals surface area (Å²) in [5.41, 5.74) is -0.860. The van der Waals surface area contributed by atoms with Crippen LogP contribution < -0.4 is 0 Å². The van der Waals surface area contributed by atoms with Gasteiger partial charge in [0.1, 0.15) is 12.0 Å². The average Bonchev–Trinajstić information content (AvgIpc) is 2.67. The van der Waals surface area contributed by atoms with Crippen LogP contribution in [0.15, 0.2) is 30.9 Å². The van der Waals surface area contributed by atoms with E-state index in [1.807, 2.05) is 0 Å². The van der Waals surface area contributed by atoms with Gasteiger partial charge >= 0.3 is 6.18 Å². The summed E-state index contributed by atoms with van der Waals surface area (Å²) in [4.78, 5) is 7.30. The highest BCUT2D eigenvalue weighted by Gasteiger charge is 2.35. The summed E-state index contributed by atoms with van der Waals surface area (Å²) in [5.74, 6) is 0.0855. The van der Waals surface area contributed by atoms with Crippen molar-refractivity contribution in [2.45, 2.75) is 6.18 Å². The van der Waals surface area contributed by atoms with Crippen LogP contribution in [0.1, 0.15) is 5.69 Å². The molecule has 0 saturated carbocycles. The summed E-state index contributed by atoms with van der Waals surface area (Å²) >= 11 is 0. The SMILES string of the molecule is FC(F)(F)c1ccnn1-c1ccncn1. The normalized spacial score (nSPS) is 11.7. The van der Waals surface area contributed by atoms with E-state index in [0.29, 0.717) is 0 Å². The summed E-state index contributed by atoms with van der Waals surface area (Å²) in [6.45, 7) is 0. The Morgan fingerprint density at radius 3 is 2.53 bits per heavy atom. The molecule has 78 valence electrons. The van der Waals surface area contributed by atoms with Gasteiger partial charge in [-0.1, -0.05) is 0 Å². The molecule has 0 saturated heterocycles. The maximum atomic E-state index is 12.5. The van der Waals surface area contributed by atoms with Crippen molar-refractivity contribution in [3.05, 3.63) is 36.5 Å². The quantitative estimate of drug-likeness (QED) is 0.725. The fourth-order valence-corrected chi connectivity index (χ4v) is 1.11. The van der Waals surface area contributed by atoms with Gasteiger partial charge in [-0.25, -0.2) is 14.6 Å². The van der Waals surface area contributed by atoms with E-state index >= 15 is 0 Å². The molecular weight excluding hydrogens is 209 g/mol. The van der Waals surface area contributed by atoms with Crippen LogP contribution in [0, 0.1) is 0 Å². The molecule has 0 amide bonds. The smallest absolute Gasteiger partial charge is 0.245 e. The maximum Gasteiger partial charge on any atom is 0.433 e. The molecule has 0 N–H and O–H groups in total. The van der Waals surface area contributed by atoms with Crippen LogP contribution in [0.3, 0.4) is 0 Å². The largest absolute Gasteiger partial charge is 0.433 e. The highest BCUT2D eigenvalue weighted by atomic mass is 19.4. The van der Waals surface area contributed by atoms with E-state index in [4.69, 9.17) is 0 Å². The van der Waals surface area contributed by atoms with Crippen LogP contribution in [-0.4, -0.2) is 19.7 Å². The Kier molecular flexibility index (Phi) is 2.14. The number of hydrogen-bond acceptors (Lipinski definition) is 3. The molecule has 2 heterocycles. The van der Waals surface area contributed by atoms with Gasteiger partial charge in [0.05, 0.1) is 6.20 Å². The van der Waals surface area contributed by atoms with Crippen molar-refractivity contribution in [2.24, 2.45) is 0 Å². The molecule has 0 radical (unpaired) electrons. The molecule has 0 aromatic carbocycles. The van der Waals surface area contributed by atoms with Gasteiger partial charge in [0, 0.05) is 12.3 Å². The summed E-state index contributed by atoms with van der Waals surface area (Å²) in [7, 11) is 0. The van der Waals surface area contributed by atoms with Crippen molar-refractivity contribution in [3.63, 3.8) is 0 Å². The Labute approximate surface area is 82.4 Å². The first kappa shape index (κ1) is 9.63. The molecule has 2 rings (SSSR count). The van der Waals surface area contributed by atoms with Crippen molar-refractivity contribution in [3.8, 4) is 5.82 Å². The Bertz CT molecular complexity index is 448. The van der Waals surface area contributed by atoms with Gasteiger partial charge in [0.2, 0.25) is 0 Å². The standard InChI is InChI=1S/C8H5F3N4/c9-8(10,11)6-1-4-14-15(6)7-2-3-12-5-13-7/h1-5H. The molecule has 2 aromatic rings. The van der Waals surface area contributed by atoms with Crippen LogP contribution in [0.25, 0.3) is 5.82 Å². The van der Waals surface area contributed by atoms with E-state index in [-0.39, 0.29) is 5.82 Å². The summed E-state index contributed by atoms with van der Waals surface area (Å²) < 4.78 is 38.1. The highest BCUT2D eigenvalue weighted by molar-refractivity contribution is 5.23. The Hall–Kier alpha value is -1.92. The molecule has 0 aliphatic heterocycles. The fraction of sp³-hybridized carbons (Fsp3) is 0.125. The molecule has 2 aromatic heterocycles. The van der Waals surface area contributed by atoms with Gasteiger partial charge < -0.3 is 0 Å². The van der Waals surface area contributed by atoms with Gasteiger partial charge in [-0.05, 0) is 6.07 Å². The minimum absolute atomic E-state index is 0.0855. The zero-order chi connectivity index (χ0) is 10.9. The number of alkyl halides is 3. The molecule has 0 atom stereocenters. The van der Waals surface area contributed by atoms with Crippen molar-refractivity contribution in [1.29, 1.82) is 0 Å². The second-order valence-electron chi connectivity index (χ2n) is 2.69. The van der Waals surface area contributed by atoms with Crippen molar-refractivity contribution in [1.82, 2.24) is 19.7 Å². The molecule has 0 unspecified atom stereocenters. The molecule has 0 aliphatic rings. The first-order chi connectivity index (χ1) is 7.09. The first-order valence-corrected chi connectivity index (χ1v) is 3.96. The van der Waals surface area contributed by atoms with Crippen molar-refractivity contribution < 1.29 is 13.2 Å². The third kappa shape index (κ3) is 1.80. The predicted octanol–water partition coefficient (Wildman–Crippen LogP) is 1.68. The zero-order valence-electron chi connectivity index (χ0n) is 7.31. The number of halogens is 3. The lowest BCUT2D eigenvalue weighted by atomic mass is 10.4. The number of aromatic nitrogens is 4. The van der Waals surface area contributed by atoms with E-state index in [0.717, 1.165) is 23.3 Å². The van der Waals surface area contributed by atoms with E-state index in [9.17, 15) is 13.2 Å². The van der Waals surface area contributed by atoms with Gasteiger partial charge in [0.15, 0.2) is 5.82 Å². The third-order valence-corrected chi connectivity index (χ3v) is 1.72. The van der Waals surface area contributed by atoms with Gasteiger partial charge in [-0.3, -0.25) is 0 Å². The van der Waals surface area contributed by atoms with E-state index in [1.165, 1.54) is 12.3 Å². The summed E-state index contributed by atoms with van der Waals surface area (Å²) in [5, 5.41) is 3.56. The molecule has 0 aliphatic carbocycles. The first-order valence-electron chi connectivity index (χ1n) is 3.96. The third-order valence-electron chi connectivity index (χ3n) is 1.72. The van der Waals surface area contributed by atoms with E-state index in [2.05, 4.69) is 15.1 Å². The van der Waals surface area contributed by atoms with Crippen LogP contribution >= 0.6 is 0 Å². The van der Waals surface area contributed by atoms with Gasteiger partial charge in [-0.15, -0.1) is 0 Å². The van der Waals surface area contributed by atoms with Crippen LogP contribution in [0.2, 0.25) is 0 Å². The van der Waals surface area contributed by atoms with Crippen molar-refractivity contribution >= 4 is 0 Å². The second-order valence-corrected chi connectivity index (χ2v) is 2.69. The van der Waals surface area contributed by atoms with Crippen LogP contribution in [-0.2, 0) is 6.18 Å². The molecule has 15 heavy (non-hydrogen) atoms. The molecule has 4 nitrogen and oxygen atoms in total. The number of nitrogens with zero attached hydrogens (tertiary/aromatic N) is 4. The fourth-order valence-electron chi connectivity index (χ4n) is 1.11. The molecule has 0 fully saturated rings. The number of rotatable bonds is 1. The molecule has 0 bridgehead atoms. The zero-order valence-corrected chi connectivity index (χ0v) is 7.31. The molecule has 0 spiro atoms. The van der Waals surface area contributed by atoms with Crippen LogP contribution in [0.4, 0.5) is 13.2 Å². The monoisotopic (exact) mass is 214 g/mol. The molecule has 7 heteroatoms. The minimum atomic E-state index is -4.44.